The number of benzene rings is 1. The maximum absolute atomic E-state index is 6.26. The number of nitrogens with one attached hydrogen (secondary N) is 1. The van der Waals surface area contributed by atoms with Crippen molar-refractivity contribution < 1.29 is 9.47 Å². The Kier molecular flexibility index (Phi) is 10.7. The highest BCUT2D eigenvalue weighted by Gasteiger charge is 2.23. The monoisotopic (exact) mass is 507 g/mol. The normalized spacial score (nSPS) is 20.1. The summed E-state index contributed by atoms with van der Waals surface area (Å²) in [4.78, 5) is 0. The fraction of sp³-hybridized carbons (Fsp3) is 0.630. The Hall–Kier alpha value is -1.56. The fourth-order valence-corrected chi connectivity index (χ4v) is 5.52. The smallest absolute Gasteiger partial charge is 0.234 e. The van der Waals surface area contributed by atoms with E-state index >= 15 is 0 Å². The molecule has 7 heteroatoms. The standard InChI is InChI=1S/C27H37N3O2.2ClH/c1-3-7-21(8-4-1)27-25(19-26(29-30-27)32-24-15-17-28-18-16-24)20-11-13-23(14-12-20)31-22-9-5-2-6-10-22;;/h11-14,19,21-22,24,28H,1-10,15-18H2;2*1H. The van der Waals surface area contributed by atoms with Gasteiger partial charge in [0.05, 0.1) is 11.8 Å². The van der Waals surface area contributed by atoms with Crippen molar-refractivity contribution in [2.24, 2.45) is 0 Å². The lowest BCUT2D eigenvalue weighted by Crippen LogP contribution is -2.34. The number of hydrogen-bond acceptors (Lipinski definition) is 5. The van der Waals surface area contributed by atoms with Crippen LogP contribution in [0.4, 0.5) is 0 Å². The summed E-state index contributed by atoms with van der Waals surface area (Å²) in [6.45, 7) is 2.02. The number of nitrogens with zero attached hydrogens (tertiary/aromatic N) is 2. The van der Waals surface area contributed by atoms with Crippen LogP contribution in [0.3, 0.4) is 0 Å². The third kappa shape index (κ3) is 6.99. The van der Waals surface area contributed by atoms with Gasteiger partial charge in [-0.15, -0.1) is 29.9 Å². The van der Waals surface area contributed by atoms with Crippen molar-refractivity contribution in [2.75, 3.05) is 13.1 Å². The highest BCUT2D eigenvalue weighted by molar-refractivity contribution is 5.85. The summed E-state index contributed by atoms with van der Waals surface area (Å²) in [6, 6.07) is 10.8. The van der Waals surface area contributed by atoms with Crippen molar-refractivity contribution in [1.29, 1.82) is 0 Å². The molecule has 2 aromatic rings. The van der Waals surface area contributed by atoms with Gasteiger partial charge in [-0.05, 0) is 82.2 Å². The predicted molar refractivity (Wildman–Crippen MR) is 142 cm³/mol. The summed E-state index contributed by atoms with van der Waals surface area (Å²) in [5.41, 5.74) is 3.51. The van der Waals surface area contributed by atoms with E-state index in [-0.39, 0.29) is 30.9 Å². The first-order valence-corrected chi connectivity index (χ1v) is 12.9. The van der Waals surface area contributed by atoms with Crippen LogP contribution in [0.1, 0.15) is 88.7 Å². The van der Waals surface area contributed by atoms with E-state index in [1.807, 2.05) is 0 Å². The molecule has 1 aromatic heterocycles. The molecule has 1 aliphatic heterocycles. The second-order valence-electron chi connectivity index (χ2n) is 9.79. The molecule has 0 spiro atoms. The first-order chi connectivity index (χ1) is 15.8. The van der Waals surface area contributed by atoms with E-state index < -0.39 is 0 Å². The SMILES string of the molecule is Cl.Cl.c1cc(-c2cc(OC3CCNCC3)nnc2C2CCCCC2)ccc1OC1CCCCC1. The van der Waals surface area contributed by atoms with Gasteiger partial charge in [-0.1, -0.05) is 37.8 Å². The fourth-order valence-electron chi connectivity index (χ4n) is 5.52. The lowest BCUT2D eigenvalue weighted by molar-refractivity contribution is 0.154. The van der Waals surface area contributed by atoms with Crippen LogP contribution in [-0.4, -0.2) is 35.5 Å². The predicted octanol–water partition coefficient (Wildman–Crippen LogP) is 6.88. The molecule has 188 valence electrons. The summed E-state index contributed by atoms with van der Waals surface area (Å²) < 4.78 is 12.5. The van der Waals surface area contributed by atoms with E-state index in [1.54, 1.807) is 0 Å². The van der Waals surface area contributed by atoms with Crippen molar-refractivity contribution in [3.63, 3.8) is 0 Å². The maximum atomic E-state index is 6.26. The summed E-state index contributed by atoms with van der Waals surface area (Å²) in [5, 5.41) is 12.6. The van der Waals surface area contributed by atoms with Gasteiger partial charge in [0.2, 0.25) is 5.88 Å². The van der Waals surface area contributed by atoms with Crippen LogP contribution in [0.25, 0.3) is 11.1 Å². The summed E-state index contributed by atoms with van der Waals surface area (Å²) in [5.74, 6) is 2.14. The van der Waals surface area contributed by atoms with E-state index in [2.05, 4.69) is 40.7 Å². The van der Waals surface area contributed by atoms with Gasteiger partial charge in [0, 0.05) is 17.5 Å². The Bertz CT molecular complexity index is 863. The van der Waals surface area contributed by atoms with Gasteiger partial charge in [-0.25, -0.2) is 0 Å². The molecule has 3 aliphatic rings. The number of ether oxygens (including phenoxy) is 2. The molecule has 2 aliphatic carbocycles. The number of rotatable bonds is 6. The minimum atomic E-state index is 0. The van der Waals surface area contributed by atoms with Crippen molar-refractivity contribution in [1.82, 2.24) is 15.5 Å². The first-order valence-electron chi connectivity index (χ1n) is 12.9. The molecule has 2 heterocycles. The zero-order valence-electron chi connectivity index (χ0n) is 20.0. The quantitative estimate of drug-likeness (QED) is 0.461. The highest BCUT2D eigenvalue weighted by Crippen LogP contribution is 2.38. The minimum Gasteiger partial charge on any atom is -0.490 e. The lowest BCUT2D eigenvalue weighted by atomic mass is 9.84. The highest BCUT2D eigenvalue weighted by atomic mass is 35.5. The molecule has 5 rings (SSSR count). The first kappa shape index (κ1) is 27.0. The average Bonchev–Trinajstić information content (AvgIpc) is 2.86. The zero-order valence-corrected chi connectivity index (χ0v) is 21.7. The van der Waals surface area contributed by atoms with Gasteiger partial charge >= 0.3 is 0 Å². The number of aromatic nitrogens is 2. The van der Waals surface area contributed by atoms with E-state index in [4.69, 9.17) is 14.6 Å². The van der Waals surface area contributed by atoms with Crippen LogP contribution in [0.2, 0.25) is 0 Å². The molecule has 0 bridgehead atoms. The molecule has 0 unspecified atom stereocenters. The minimum absolute atomic E-state index is 0. The summed E-state index contributed by atoms with van der Waals surface area (Å²) >= 11 is 0. The third-order valence-corrected chi connectivity index (χ3v) is 7.39. The molecule has 34 heavy (non-hydrogen) atoms. The zero-order chi connectivity index (χ0) is 21.6. The third-order valence-electron chi connectivity index (χ3n) is 7.39. The second kappa shape index (κ2) is 13.5. The van der Waals surface area contributed by atoms with Crippen LogP contribution in [0, 0.1) is 0 Å². The van der Waals surface area contributed by atoms with E-state index in [0.717, 1.165) is 37.4 Å². The molecule has 3 fully saturated rings. The van der Waals surface area contributed by atoms with Gasteiger partial charge in [-0.2, -0.15) is 5.10 Å². The van der Waals surface area contributed by atoms with E-state index in [9.17, 15) is 0 Å². The van der Waals surface area contributed by atoms with Crippen LogP contribution in [-0.2, 0) is 0 Å². The van der Waals surface area contributed by atoms with Gasteiger partial charge in [0.1, 0.15) is 11.9 Å². The van der Waals surface area contributed by atoms with E-state index in [1.165, 1.54) is 75.3 Å². The van der Waals surface area contributed by atoms with E-state index in [0.29, 0.717) is 17.9 Å². The molecule has 1 aromatic carbocycles. The van der Waals surface area contributed by atoms with Crippen LogP contribution in [0.5, 0.6) is 11.6 Å². The molecule has 0 atom stereocenters. The Balaban J connectivity index is 0.00000162. The molecular formula is C27H39Cl2N3O2. The number of hydrogen-bond donors (Lipinski definition) is 1. The Morgan fingerprint density at radius 3 is 1.97 bits per heavy atom. The van der Waals surface area contributed by atoms with Crippen molar-refractivity contribution in [2.45, 2.75) is 95.2 Å². The Labute approximate surface area is 216 Å². The average molecular weight is 509 g/mol. The molecule has 5 nitrogen and oxygen atoms in total. The number of halogens is 2. The van der Waals surface area contributed by atoms with Crippen LogP contribution in [0.15, 0.2) is 30.3 Å². The molecule has 2 saturated carbocycles. The van der Waals surface area contributed by atoms with Crippen molar-refractivity contribution >= 4 is 24.8 Å². The molecule has 0 radical (unpaired) electrons. The maximum Gasteiger partial charge on any atom is 0.234 e. The summed E-state index contributed by atoms with van der Waals surface area (Å²) in [7, 11) is 0. The van der Waals surface area contributed by atoms with Crippen LogP contribution < -0.4 is 14.8 Å². The second-order valence-corrected chi connectivity index (χ2v) is 9.79. The largest absolute Gasteiger partial charge is 0.490 e. The van der Waals surface area contributed by atoms with Crippen LogP contribution >= 0.6 is 24.8 Å². The molecule has 1 saturated heterocycles. The molecular weight excluding hydrogens is 469 g/mol. The Morgan fingerprint density at radius 2 is 1.29 bits per heavy atom. The van der Waals surface area contributed by atoms with Gasteiger partial charge in [-0.3, -0.25) is 0 Å². The topological polar surface area (TPSA) is 56.3 Å². The van der Waals surface area contributed by atoms with Crippen molar-refractivity contribution in [3.8, 4) is 22.8 Å². The van der Waals surface area contributed by atoms with Gasteiger partial charge < -0.3 is 14.8 Å². The summed E-state index contributed by atoms with van der Waals surface area (Å²) in [6.07, 6.45) is 15.3. The molecule has 0 amide bonds. The number of piperidine rings is 1. The lowest BCUT2D eigenvalue weighted by Gasteiger charge is -2.25. The van der Waals surface area contributed by atoms with Gasteiger partial charge in [0.15, 0.2) is 0 Å². The molecule has 1 N–H and O–H groups in total. The van der Waals surface area contributed by atoms with Gasteiger partial charge in [0.25, 0.3) is 0 Å². The Morgan fingerprint density at radius 1 is 0.676 bits per heavy atom. The van der Waals surface area contributed by atoms with Crippen molar-refractivity contribution in [3.05, 3.63) is 36.0 Å².